The van der Waals surface area contributed by atoms with Crippen LogP contribution >= 0.6 is 11.6 Å². The van der Waals surface area contributed by atoms with Gasteiger partial charge in [-0.2, -0.15) is 0 Å². The Morgan fingerprint density at radius 3 is 2.55 bits per heavy atom. The van der Waals surface area contributed by atoms with Gasteiger partial charge in [0, 0.05) is 22.7 Å². The fraction of sp³-hybridized carbons (Fsp3) is 0.588. The van der Waals surface area contributed by atoms with E-state index in [-0.39, 0.29) is 5.41 Å². The summed E-state index contributed by atoms with van der Waals surface area (Å²) in [5.41, 5.74) is 7.19. The SMILES string of the molecule is CC(C)(C)OC(=O)Nc1ccc(Cl)cc1C1(CN)CCCC1. The Balaban J connectivity index is 2.30. The van der Waals surface area contributed by atoms with Crippen LogP contribution in [0.5, 0.6) is 0 Å². The summed E-state index contributed by atoms with van der Waals surface area (Å²) < 4.78 is 5.34. The van der Waals surface area contributed by atoms with Crippen LogP contribution in [-0.2, 0) is 10.2 Å². The second-order valence-electron chi connectivity index (χ2n) is 7.01. The van der Waals surface area contributed by atoms with Crippen molar-refractivity contribution in [2.45, 2.75) is 57.5 Å². The topological polar surface area (TPSA) is 64.3 Å². The average Bonchev–Trinajstić information content (AvgIpc) is 2.88. The first-order valence-corrected chi connectivity index (χ1v) is 8.14. The number of nitrogens with two attached hydrogens (primary N) is 1. The van der Waals surface area contributed by atoms with Crippen molar-refractivity contribution in [3.05, 3.63) is 28.8 Å². The summed E-state index contributed by atoms with van der Waals surface area (Å²) in [6, 6.07) is 5.53. The van der Waals surface area contributed by atoms with Crippen molar-refractivity contribution in [3.63, 3.8) is 0 Å². The van der Waals surface area contributed by atoms with Gasteiger partial charge in [-0.1, -0.05) is 24.4 Å². The second kappa shape index (κ2) is 6.47. The lowest BCUT2D eigenvalue weighted by molar-refractivity contribution is 0.0635. The Morgan fingerprint density at radius 2 is 2.00 bits per heavy atom. The molecule has 1 aromatic carbocycles. The minimum Gasteiger partial charge on any atom is -0.444 e. The Kier molecular flexibility index (Phi) is 5.03. The molecule has 0 bridgehead atoms. The van der Waals surface area contributed by atoms with Crippen LogP contribution in [0.3, 0.4) is 0 Å². The summed E-state index contributed by atoms with van der Waals surface area (Å²) in [5, 5.41) is 3.51. The molecule has 122 valence electrons. The number of hydrogen-bond donors (Lipinski definition) is 2. The first-order valence-electron chi connectivity index (χ1n) is 7.76. The molecule has 0 radical (unpaired) electrons. The second-order valence-corrected chi connectivity index (χ2v) is 7.44. The summed E-state index contributed by atoms with van der Waals surface area (Å²) in [6.07, 6.45) is 3.88. The summed E-state index contributed by atoms with van der Waals surface area (Å²) in [4.78, 5) is 12.1. The standard InChI is InChI=1S/C17H25ClN2O2/c1-16(2,3)22-15(21)20-14-7-6-12(18)10-13(14)17(11-19)8-4-5-9-17/h6-7,10H,4-5,8-9,11,19H2,1-3H3,(H,20,21). The summed E-state index contributed by atoms with van der Waals surface area (Å²) in [7, 11) is 0. The van der Waals surface area contributed by atoms with Gasteiger partial charge < -0.3 is 10.5 Å². The van der Waals surface area contributed by atoms with Crippen molar-refractivity contribution in [1.29, 1.82) is 0 Å². The minimum atomic E-state index is -0.532. The lowest BCUT2D eigenvalue weighted by atomic mass is 9.78. The van der Waals surface area contributed by atoms with Gasteiger partial charge in [0.05, 0.1) is 0 Å². The van der Waals surface area contributed by atoms with Crippen LogP contribution < -0.4 is 11.1 Å². The van der Waals surface area contributed by atoms with Gasteiger partial charge >= 0.3 is 6.09 Å². The number of nitrogens with one attached hydrogen (secondary N) is 1. The molecule has 0 saturated heterocycles. The number of benzene rings is 1. The maximum absolute atomic E-state index is 12.1. The Morgan fingerprint density at radius 1 is 1.36 bits per heavy atom. The van der Waals surface area contributed by atoms with Crippen LogP contribution in [0.4, 0.5) is 10.5 Å². The monoisotopic (exact) mass is 324 g/mol. The molecule has 22 heavy (non-hydrogen) atoms. The molecule has 1 saturated carbocycles. The quantitative estimate of drug-likeness (QED) is 0.862. The normalized spacial score (nSPS) is 17.3. The highest BCUT2D eigenvalue weighted by Gasteiger charge is 2.36. The smallest absolute Gasteiger partial charge is 0.412 e. The van der Waals surface area contributed by atoms with E-state index in [1.54, 1.807) is 6.07 Å². The highest BCUT2D eigenvalue weighted by Crippen LogP contribution is 2.44. The van der Waals surface area contributed by atoms with Gasteiger partial charge in [-0.25, -0.2) is 4.79 Å². The fourth-order valence-corrected chi connectivity index (χ4v) is 3.29. The number of carbonyl (C=O) groups excluding carboxylic acids is 1. The molecule has 1 aromatic rings. The summed E-state index contributed by atoms with van der Waals surface area (Å²) >= 11 is 6.17. The number of halogens is 1. The van der Waals surface area contributed by atoms with Crippen LogP contribution in [-0.4, -0.2) is 18.2 Å². The zero-order valence-electron chi connectivity index (χ0n) is 13.5. The molecule has 0 atom stereocenters. The molecule has 0 unspecified atom stereocenters. The third-order valence-corrected chi connectivity index (χ3v) is 4.38. The molecule has 1 amide bonds. The van der Waals surface area contributed by atoms with E-state index in [0.29, 0.717) is 11.6 Å². The van der Waals surface area contributed by atoms with Crippen molar-refractivity contribution in [2.75, 3.05) is 11.9 Å². The molecular weight excluding hydrogens is 300 g/mol. The Hall–Kier alpha value is -1.26. The molecule has 5 heteroatoms. The first kappa shape index (κ1) is 17.1. The van der Waals surface area contributed by atoms with E-state index >= 15 is 0 Å². The molecule has 1 fully saturated rings. The van der Waals surface area contributed by atoms with Crippen LogP contribution in [0.15, 0.2) is 18.2 Å². The van der Waals surface area contributed by atoms with Gasteiger partial charge in [0.15, 0.2) is 0 Å². The number of carbonyl (C=O) groups is 1. The lowest BCUT2D eigenvalue weighted by Gasteiger charge is -2.30. The van der Waals surface area contributed by atoms with E-state index in [1.807, 2.05) is 32.9 Å². The van der Waals surface area contributed by atoms with Gasteiger partial charge in [0.1, 0.15) is 5.60 Å². The van der Waals surface area contributed by atoms with E-state index in [2.05, 4.69) is 5.32 Å². The number of anilines is 1. The van der Waals surface area contributed by atoms with E-state index in [9.17, 15) is 4.79 Å². The maximum atomic E-state index is 12.1. The molecule has 4 nitrogen and oxygen atoms in total. The van der Waals surface area contributed by atoms with Crippen molar-refractivity contribution < 1.29 is 9.53 Å². The third-order valence-electron chi connectivity index (χ3n) is 4.14. The van der Waals surface area contributed by atoms with E-state index in [4.69, 9.17) is 22.1 Å². The Bertz CT molecular complexity index is 546. The largest absolute Gasteiger partial charge is 0.444 e. The van der Waals surface area contributed by atoms with Gasteiger partial charge in [-0.05, 0) is 57.4 Å². The molecule has 3 N–H and O–H groups in total. The predicted molar refractivity (Wildman–Crippen MR) is 90.5 cm³/mol. The Labute approximate surface area is 137 Å². The van der Waals surface area contributed by atoms with Crippen molar-refractivity contribution in [1.82, 2.24) is 0 Å². The molecule has 1 aliphatic carbocycles. The zero-order valence-corrected chi connectivity index (χ0v) is 14.3. The molecule has 2 rings (SSSR count). The number of rotatable bonds is 3. The number of ether oxygens (including phenoxy) is 1. The van der Waals surface area contributed by atoms with Crippen LogP contribution in [0.25, 0.3) is 0 Å². The zero-order chi connectivity index (χ0) is 16.4. The van der Waals surface area contributed by atoms with Crippen molar-refractivity contribution in [2.24, 2.45) is 5.73 Å². The summed E-state index contributed by atoms with van der Waals surface area (Å²) in [6.45, 7) is 6.07. The number of hydrogen-bond acceptors (Lipinski definition) is 3. The average molecular weight is 325 g/mol. The fourth-order valence-electron chi connectivity index (χ4n) is 3.11. The van der Waals surface area contributed by atoms with E-state index in [1.165, 1.54) is 0 Å². The van der Waals surface area contributed by atoms with Gasteiger partial charge in [-0.15, -0.1) is 0 Å². The van der Waals surface area contributed by atoms with Crippen LogP contribution in [0, 0.1) is 0 Å². The van der Waals surface area contributed by atoms with Gasteiger partial charge in [0.2, 0.25) is 0 Å². The highest BCUT2D eigenvalue weighted by molar-refractivity contribution is 6.30. The van der Waals surface area contributed by atoms with Gasteiger partial charge in [-0.3, -0.25) is 5.32 Å². The van der Waals surface area contributed by atoms with Gasteiger partial charge in [0.25, 0.3) is 0 Å². The molecular formula is C17H25ClN2O2. The van der Waals surface area contributed by atoms with Crippen molar-refractivity contribution in [3.8, 4) is 0 Å². The molecule has 0 aromatic heterocycles. The van der Waals surface area contributed by atoms with E-state index in [0.717, 1.165) is 36.9 Å². The lowest BCUT2D eigenvalue weighted by Crippen LogP contribution is -2.34. The number of amides is 1. The minimum absolute atomic E-state index is 0.102. The molecule has 0 aliphatic heterocycles. The van der Waals surface area contributed by atoms with Crippen LogP contribution in [0.1, 0.15) is 52.0 Å². The molecule has 1 aliphatic rings. The molecule has 0 spiro atoms. The first-order chi connectivity index (χ1) is 10.3. The maximum Gasteiger partial charge on any atom is 0.412 e. The van der Waals surface area contributed by atoms with E-state index < -0.39 is 11.7 Å². The highest BCUT2D eigenvalue weighted by atomic mass is 35.5. The van der Waals surface area contributed by atoms with Crippen LogP contribution in [0.2, 0.25) is 5.02 Å². The summed E-state index contributed by atoms with van der Waals surface area (Å²) in [5.74, 6) is 0. The van der Waals surface area contributed by atoms with Crippen molar-refractivity contribution >= 4 is 23.4 Å². The molecule has 0 heterocycles. The predicted octanol–water partition coefficient (Wildman–Crippen LogP) is 4.46. The third kappa shape index (κ3) is 3.93.